The van der Waals surface area contributed by atoms with Crippen LogP contribution in [0.4, 0.5) is 0 Å². The van der Waals surface area contributed by atoms with Crippen molar-refractivity contribution in [3.8, 4) is 0 Å². The van der Waals surface area contributed by atoms with Gasteiger partial charge in [0.2, 0.25) is 5.56 Å². The SMILES string of the molecule is O=C(NCC1CCCS1(=O)=O)c1cc[nH]c(=O)c1. The first-order valence-corrected chi connectivity index (χ1v) is 7.39. The van der Waals surface area contributed by atoms with Gasteiger partial charge in [-0.15, -0.1) is 0 Å². The van der Waals surface area contributed by atoms with E-state index in [9.17, 15) is 18.0 Å². The molecule has 2 heterocycles. The first-order valence-electron chi connectivity index (χ1n) is 5.67. The van der Waals surface area contributed by atoms with Crippen molar-refractivity contribution in [2.45, 2.75) is 18.1 Å². The van der Waals surface area contributed by atoms with E-state index in [1.807, 2.05) is 0 Å². The third-order valence-electron chi connectivity index (χ3n) is 2.99. The summed E-state index contributed by atoms with van der Waals surface area (Å²) in [4.78, 5) is 25.1. The normalized spacial score (nSPS) is 21.7. The van der Waals surface area contributed by atoms with Crippen LogP contribution in [-0.2, 0) is 9.84 Å². The average Bonchev–Trinajstić information content (AvgIpc) is 2.65. The molecule has 0 saturated carbocycles. The Kier molecular flexibility index (Phi) is 3.51. The number of nitrogens with one attached hydrogen (secondary N) is 2. The van der Waals surface area contributed by atoms with Gasteiger partial charge in [0, 0.05) is 24.4 Å². The number of aromatic nitrogens is 1. The van der Waals surface area contributed by atoms with Crippen LogP contribution in [0.25, 0.3) is 0 Å². The minimum absolute atomic E-state index is 0.105. The smallest absolute Gasteiger partial charge is 0.251 e. The Balaban J connectivity index is 1.99. The number of hydrogen-bond donors (Lipinski definition) is 2. The van der Waals surface area contributed by atoms with Gasteiger partial charge in [-0.3, -0.25) is 9.59 Å². The Labute approximate surface area is 104 Å². The maximum absolute atomic E-state index is 11.7. The molecule has 1 saturated heterocycles. The van der Waals surface area contributed by atoms with Crippen LogP contribution in [0.1, 0.15) is 23.2 Å². The number of hydrogen-bond acceptors (Lipinski definition) is 4. The predicted octanol–water partition coefficient (Wildman–Crippen LogP) is -0.318. The van der Waals surface area contributed by atoms with E-state index in [1.165, 1.54) is 18.3 Å². The summed E-state index contributed by atoms with van der Waals surface area (Å²) < 4.78 is 23.1. The van der Waals surface area contributed by atoms with E-state index >= 15 is 0 Å². The van der Waals surface area contributed by atoms with Crippen LogP contribution >= 0.6 is 0 Å². The summed E-state index contributed by atoms with van der Waals surface area (Å²) in [6.07, 6.45) is 2.61. The molecule has 1 fully saturated rings. The van der Waals surface area contributed by atoms with Crippen LogP contribution in [-0.4, -0.2) is 36.9 Å². The fourth-order valence-electron chi connectivity index (χ4n) is 1.98. The number of pyridine rings is 1. The van der Waals surface area contributed by atoms with Gasteiger partial charge in [0.1, 0.15) is 0 Å². The van der Waals surface area contributed by atoms with Crippen molar-refractivity contribution in [3.63, 3.8) is 0 Å². The second kappa shape index (κ2) is 4.93. The van der Waals surface area contributed by atoms with Crippen molar-refractivity contribution in [3.05, 3.63) is 34.2 Å². The second-order valence-corrected chi connectivity index (χ2v) is 6.68. The highest BCUT2D eigenvalue weighted by Gasteiger charge is 2.31. The zero-order valence-electron chi connectivity index (χ0n) is 9.68. The summed E-state index contributed by atoms with van der Waals surface area (Å²) in [6, 6.07) is 2.65. The molecular formula is C11H14N2O4S. The molecular weight excluding hydrogens is 256 g/mol. The molecule has 1 atom stereocenters. The molecule has 1 aromatic rings. The van der Waals surface area contributed by atoms with Crippen LogP contribution in [0.15, 0.2) is 23.1 Å². The van der Waals surface area contributed by atoms with Crippen molar-refractivity contribution < 1.29 is 13.2 Å². The number of rotatable bonds is 3. The maximum atomic E-state index is 11.7. The summed E-state index contributed by atoms with van der Waals surface area (Å²) in [6.45, 7) is 0.105. The van der Waals surface area contributed by atoms with Gasteiger partial charge in [-0.25, -0.2) is 8.42 Å². The second-order valence-electron chi connectivity index (χ2n) is 4.28. The summed E-state index contributed by atoms with van der Waals surface area (Å²) >= 11 is 0. The van der Waals surface area contributed by atoms with Crippen LogP contribution in [0.5, 0.6) is 0 Å². The van der Waals surface area contributed by atoms with Gasteiger partial charge < -0.3 is 10.3 Å². The zero-order valence-corrected chi connectivity index (χ0v) is 10.5. The summed E-state index contributed by atoms with van der Waals surface area (Å²) in [7, 11) is -3.06. The Morgan fingerprint density at radius 1 is 1.50 bits per heavy atom. The molecule has 0 spiro atoms. The van der Waals surface area contributed by atoms with Crippen molar-refractivity contribution >= 4 is 15.7 Å². The molecule has 6 nitrogen and oxygen atoms in total. The molecule has 1 unspecified atom stereocenters. The molecule has 0 radical (unpaired) electrons. The quantitative estimate of drug-likeness (QED) is 0.787. The first-order chi connectivity index (χ1) is 8.49. The van der Waals surface area contributed by atoms with Crippen molar-refractivity contribution in [1.82, 2.24) is 10.3 Å². The predicted molar refractivity (Wildman–Crippen MR) is 66.2 cm³/mol. The largest absolute Gasteiger partial charge is 0.351 e. The summed E-state index contributed by atoms with van der Waals surface area (Å²) in [5.41, 5.74) is -0.134. The number of carbonyl (C=O) groups is 1. The Morgan fingerprint density at radius 3 is 2.89 bits per heavy atom. The van der Waals surface area contributed by atoms with E-state index in [-0.39, 0.29) is 23.4 Å². The summed E-state index contributed by atoms with van der Waals surface area (Å²) in [5.74, 6) is -0.235. The van der Waals surface area contributed by atoms with E-state index in [0.717, 1.165) is 0 Å². The minimum Gasteiger partial charge on any atom is -0.351 e. The Morgan fingerprint density at radius 2 is 2.28 bits per heavy atom. The molecule has 1 aliphatic heterocycles. The van der Waals surface area contributed by atoms with Crippen LogP contribution in [0.3, 0.4) is 0 Å². The molecule has 1 aliphatic rings. The monoisotopic (exact) mass is 270 g/mol. The van der Waals surface area contributed by atoms with Gasteiger partial charge >= 0.3 is 0 Å². The van der Waals surface area contributed by atoms with Gasteiger partial charge in [0.25, 0.3) is 5.91 Å². The van der Waals surface area contributed by atoms with Crippen LogP contribution in [0, 0.1) is 0 Å². The molecule has 2 N–H and O–H groups in total. The number of aromatic amines is 1. The molecule has 18 heavy (non-hydrogen) atoms. The fraction of sp³-hybridized carbons (Fsp3) is 0.455. The lowest BCUT2D eigenvalue weighted by Crippen LogP contribution is -2.34. The van der Waals surface area contributed by atoms with Crippen molar-refractivity contribution in [2.75, 3.05) is 12.3 Å². The Hall–Kier alpha value is -1.63. The van der Waals surface area contributed by atoms with Crippen molar-refractivity contribution in [1.29, 1.82) is 0 Å². The topological polar surface area (TPSA) is 96.1 Å². The average molecular weight is 270 g/mol. The van der Waals surface area contributed by atoms with E-state index < -0.39 is 21.0 Å². The lowest BCUT2D eigenvalue weighted by molar-refractivity contribution is 0.0953. The van der Waals surface area contributed by atoms with Gasteiger partial charge in [-0.1, -0.05) is 0 Å². The minimum atomic E-state index is -3.06. The molecule has 0 bridgehead atoms. The maximum Gasteiger partial charge on any atom is 0.251 e. The third-order valence-corrected chi connectivity index (χ3v) is 5.27. The standard InChI is InChI=1S/C11H14N2O4S/c14-10-6-8(3-4-12-10)11(15)13-7-9-2-1-5-18(9,16)17/h3-4,6,9H,1-2,5,7H2,(H,12,14)(H,13,15). The zero-order chi connectivity index (χ0) is 13.2. The molecule has 98 valence electrons. The third kappa shape index (κ3) is 2.79. The Bertz CT molecular complexity index is 605. The van der Waals surface area contributed by atoms with E-state index in [0.29, 0.717) is 12.8 Å². The molecule has 1 amide bonds. The van der Waals surface area contributed by atoms with Gasteiger partial charge in [-0.05, 0) is 18.9 Å². The van der Waals surface area contributed by atoms with Crippen molar-refractivity contribution in [2.24, 2.45) is 0 Å². The lowest BCUT2D eigenvalue weighted by atomic mass is 10.2. The highest BCUT2D eigenvalue weighted by molar-refractivity contribution is 7.92. The van der Waals surface area contributed by atoms with E-state index in [4.69, 9.17) is 0 Å². The molecule has 2 rings (SSSR count). The van der Waals surface area contributed by atoms with E-state index in [2.05, 4.69) is 10.3 Å². The first kappa shape index (κ1) is 12.8. The van der Waals surface area contributed by atoms with E-state index in [1.54, 1.807) is 0 Å². The molecule has 7 heteroatoms. The number of sulfone groups is 1. The van der Waals surface area contributed by atoms with Crippen LogP contribution in [0.2, 0.25) is 0 Å². The highest BCUT2D eigenvalue weighted by atomic mass is 32.2. The van der Waals surface area contributed by atoms with Gasteiger partial charge in [-0.2, -0.15) is 0 Å². The summed E-state index contributed by atoms with van der Waals surface area (Å²) in [5, 5.41) is 2.06. The number of H-pyrrole nitrogens is 1. The van der Waals surface area contributed by atoms with Gasteiger partial charge in [0.05, 0.1) is 11.0 Å². The van der Waals surface area contributed by atoms with Gasteiger partial charge in [0.15, 0.2) is 9.84 Å². The molecule has 0 aromatic carbocycles. The molecule has 0 aliphatic carbocycles. The lowest BCUT2D eigenvalue weighted by Gasteiger charge is -2.10. The fourth-order valence-corrected chi connectivity index (χ4v) is 3.75. The number of carbonyl (C=O) groups excluding carboxylic acids is 1. The highest BCUT2D eigenvalue weighted by Crippen LogP contribution is 2.19. The number of amides is 1. The molecule has 1 aromatic heterocycles. The van der Waals surface area contributed by atoms with Crippen LogP contribution < -0.4 is 10.9 Å².